The van der Waals surface area contributed by atoms with E-state index in [1.54, 1.807) is 24.3 Å². The maximum Gasteiger partial charge on any atom is 0.286 e. The first-order valence-corrected chi connectivity index (χ1v) is 9.24. The van der Waals surface area contributed by atoms with Gasteiger partial charge >= 0.3 is 0 Å². The molecule has 4 rings (SSSR count). The van der Waals surface area contributed by atoms with E-state index in [0.29, 0.717) is 15.6 Å². The molecule has 130 valence electrons. The van der Waals surface area contributed by atoms with Crippen molar-refractivity contribution in [2.45, 2.75) is 0 Å². The fraction of sp³-hybridized carbons (Fsp3) is 0.100. The van der Waals surface area contributed by atoms with Crippen LogP contribution in [0, 0.1) is 0 Å². The summed E-state index contributed by atoms with van der Waals surface area (Å²) in [5, 5.41) is 2.96. The number of benzene rings is 3. The third kappa shape index (κ3) is 3.23. The van der Waals surface area contributed by atoms with Crippen molar-refractivity contribution >= 4 is 49.8 Å². The van der Waals surface area contributed by atoms with Crippen LogP contribution in [-0.4, -0.2) is 17.1 Å². The van der Waals surface area contributed by atoms with E-state index in [-0.39, 0.29) is 12.5 Å². The van der Waals surface area contributed by atoms with Crippen molar-refractivity contribution in [2.24, 2.45) is 12.0 Å². The second-order valence-electron chi connectivity index (χ2n) is 5.83. The Morgan fingerprint density at radius 1 is 1.12 bits per heavy atom. The van der Waals surface area contributed by atoms with E-state index in [1.807, 2.05) is 23.7 Å². The lowest BCUT2D eigenvalue weighted by atomic mass is 10.1. The Morgan fingerprint density at radius 2 is 1.88 bits per heavy atom. The molecule has 4 aromatic rings. The first kappa shape index (κ1) is 16.8. The first-order chi connectivity index (χ1) is 12.6. The van der Waals surface area contributed by atoms with Gasteiger partial charge in [-0.3, -0.25) is 4.79 Å². The second-order valence-corrected chi connectivity index (χ2v) is 7.24. The number of thiazole rings is 1. The van der Waals surface area contributed by atoms with E-state index < -0.39 is 0 Å². The summed E-state index contributed by atoms with van der Waals surface area (Å²) in [4.78, 5) is 17.1. The van der Waals surface area contributed by atoms with Crippen molar-refractivity contribution in [1.29, 1.82) is 0 Å². The van der Waals surface area contributed by atoms with Gasteiger partial charge in [-0.05, 0) is 35.7 Å². The smallest absolute Gasteiger partial charge is 0.286 e. The summed E-state index contributed by atoms with van der Waals surface area (Å²) in [7, 11) is 1.92. The largest absolute Gasteiger partial charge is 0.484 e. The summed E-state index contributed by atoms with van der Waals surface area (Å²) in [5.41, 5.74) is 1.05. The van der Waals surface area contributed by atoms with Gasteiger partial charge in [-0.1, -0.05) is 53.3 Å². The minimum atomic E-state index is -0.327. The third-order valence-electron chi connectivity index (χ3n) is 4.10. The highest BCUT2D eigenvalue weighted by Crippen LogP contribution is 2.27. The van der Waals surface area contributed by atoms with E-state index in [2.05, 4.69) is 29.3 Å². The molecule has 0 fully saturated rings. The molecule has 0 aliphatic rings. The molecule has 6 heteroatoms. The van der Waals surface area contributed by atoms with Crippen LogP contribution in [0.2, 0.25) is 5.02 Å². The first-order valence-electron chi connectivity index (χ1n) is 8.05. The lowest BCUT2D eigenvalue weighted by Crippen LogP contribution is -2.17. The predicted octanol–water partition coefficient (Wildman–Crippen LogP) is 4.55. The minimum Gasteiger partial charge on any atom is -0.484 e. The molecule has 0 aliphatic heterocycles. The number of nitrogens with zero attached hydrogens (tertiary/aromatic N) is 2. The van der Waals surface area contributed by atoms with Crippen LogP contribution >= 0.6 is 22.9 Å². The van der Waals surface area contributed by atoms with Crippen LogP contribution < -0.4 is 9.54 Å². The summed E-state index contributed by atoms with van der Waals surface area (Å²) in [6.07, 6.45) is 0. The number of hydrogen-bond donors (Lipinski definition) is 0. The molecule has 3 aromatic carbocycles. The van der Waals surface area contributed by atoms with Gasteiger partial charge in [0.1, 0.15) is 5.75 Å². The van der Waals surface area contributed by atoms with Gasteiger partial charge in [-0.15, -0.1) is 0 Å². The number of aromatic nitrogens is 1. The molecule has 4 nitrogen and oxygen atoms in total. The lowest BCUT2D eigenvalue weighted by Gasteiger charge is -2.02. The third-order valence-corrected chi connectivity index (χ3v) is 5.53. The zero-order valence-corrected chi connectivity index (χ0v) is 15.6. The number of ether oxygens (including phenoxy) is 1. The Labute approximate surface area is 158 Å². The van der Waals surface area contributed by atoms with Crippen molar-refractivity contribution in [3.05, 3.63) is 70.5 Å². The highest BCUT2D eigenvalue weighted by Gasteiger charge is 2.08. The van der Waals surface area contributed by atoms with Gasteiger partial charge < -0.3 is 9.30 Å². The van der Waals surface area contributed by atoms with Gasteiger partial charge in [0.15, 0.2) is 11.4 Å². The number of rotatable bonds is 3. The van der Waals surface area contributed by atoms with Crippen LogP contribution in [0.25, 0.3) is 21.0 Å². The Hall–Kier alpha value is -2.63. The van der Waals surface area contributed by atoms with Crippen LogP contribution in [0.15, 0.2) is 65.7 Å². The Balaban J connectivity index is 1.64. The van der Waals surface area contributed by atoms with Gasteiger partial charge in [0.25, 0.3) is 5.91 Å². The number of carbonyl (C=O) groups excluding carboxylic acids is 1. The zero-order chi connectivity index (χ0) is 18.1. The number of aryl methyl sites for hydroxylation is 1. The highest BCUT2D eigenvalue weighted by atomic mass is 35.5. The molecule has 0 unspecified atom stereocenters. The molecule has 1 amide bonds. The molecule has 0 radical (unpaired) electrons. The van der Waals surface area contributed by atoms with Gasteiger partial charge in [0.2, 0.25) is 0 Å². The van der Waals surface area contributed by atoms with Crippen LogP contribution in [0.1, 0.15) is 0 Å². The average molecular weight is 383 g/mol. The summed E-state index contributed by atoms with van der Waals surface area (Å²) in [6.45, 7) is -0.114. The Bertz CT molecular complexity index is 1180. The molecule has 0 N–H and O–H groups in total. The second kappa shape index (κ2) is 6.94. The molecule has 1 heterocycles. The summed E-state index contributed by atoms with van der Waals surface area (Å²) in [5.74, 6) is 0.260. The molecule has 0 atom stereocenters. The lowest BCUT2D eigenvalue weighted by molar-refractivity contribution is -0.120. The molecule has 0 bridgehead atoms. The van der Waals surface area contributed by atoms with Gasteiger partial charge in [0, 0.05) is 17.5 Å². The summed E-state index contributed by atoms with van der Waals surface area (Å²) < 4.78 is 8.53. The molecule has 0 aliphatic carbocycles. The number of fused-ring (bicyclic) bond motifs is 3. The number of halogens is 1. The van der Waals surface area contributed by atoms with Crippen molar-refractivity contribution in [3.8, 4) is 5.75 Å². The molecule has 0 saturated heterocycles. The average Bonchev–Trinajstić information content (AvgIpc) is 2.97. The quantitative estimate of drug-likeness (QED) is 0.521. The van der Waals surface area contributed by atoms with Gasteiger partial charge in [0.05, 0.1) is 10.2 Å². The highest BCUT2D eigenvalue weighted by molar-refractivity contribution is 7.17. The van der Waals surface area contributed by atoms with Gasteiger partial charge in [-0.25, -0.2) is 0 Å². The monoisotopic (exact) mass is 382 g/mol. The molecule has 1 aromatic heterocycles. The fourth-order valence-corrected chi connectivity index (χ4v) is 4.08. The van der Waals surface area contributed by atoms with Crippen molar-refractivity contribution in [1.82, 2.24) is 4.57 Å². The summed E-state index contributed by atoms with van der Waals surface area (Å²) in [6, 6.07) is 19.2. The number of hydrogen-bond acceptors (Lipinski definition) is 3. The molecule has 26 heavy (non-hydrogen) atoms. The predicted molar refractivity (Wildman–Crippen MR) is 106 cm³/mol. The molecular weight excluding hydrogens is 368 g/mol. The maximum absolute atomic E-state index is 12.2. The van der Waals surface area contributed by atoms with E-state index in [4.69, 9.17) is 16.3 Å². The molecular formula is C20H15ClN2O2S. The molecule has 0 spiro atoms. The van der Waals surface area contributed by atoms with E-state index >= 15 is 0 Å². The maximum atomic E-state index is 12.2. The van der Waals surface area contributed by atoms with Gasteiger partial charge in [-0.2, -0.15) is 4.99 Å². The van der Waals surface area contributed by atoms with E-state index in [9.17, 15) is 4.79 Å². The summed E-state index contributed by atoms with van der Waals surface area (Å²) >= 11 is 7.34. The van der Waals surface area contributed by atoms with Crippen molar-refractivity contribution in [3.63, 3.8) is 0 Å². The van der Waals surface area contributed by atoms with Crippen LogP contribution in [0.4, 0.5) is 0 Å². The van der Waals surface area contributed by atoms with Crippen molar-refractivity contribution in [2.75, 3.05) is 6.61 Å². The minimum absolute atomic E-state index is 0.114. The van der Waals surface area contributed by atoms with Crippen LogP contribution in [-0.2, 0) is 11.8 Å². The SMILES string of the molecule is Cn1c(=NC(=O)COc2ccc(Cl)cc2)sc2c3ccccc3ccc21. The number of carbonyl (C=O) groups is 1. The van der Waals surface area contributed by atoms with Crippen LogP contribution in [0.5, 0.6) is 5.75 Å². The topological polar surface area (TPSA) is 43.6 Å². The molecule has 0 saturated carbocycles. The zero-order valence-electron chi connectivity index (χ0n) is 14.0. The van der Waals surface area contributed by atoms with E-state index in [0.717, 1.165) is 15.6 Å². The van der Waals surface area contributed by atoms with E-state index in [1.165, 1.54) is 16.7 Å². The Kier molecular flexibility index (Phi) is 4.49. The fourth-order valence-electron chi connectivity index (χ4n) is 2.78. The van der Waals surface area contributed by atoms with Crippen LogP contribution in [0.3, 0.4) is 0 Å². The normalized spacial score (nSPS) is 12.0. The van der Waals surface area contributed by atoms with Crippen molar-refractivity contribution < 1.29 is 9.53 Å². The standard InChI is InChI=1S/C20H15ClN2O2S/c1-23-17-11-6-13-4-2-3-5-16(13)19(17)26-20(23)22-18(24)12-25-15-9-7-14(21)8-10-15/h2-11H,12H2,1H3. The number of amides is 1. The Morgan fingerprint density at radius 3 is 2.69 bits per heavy atom.